The van der Waals surface area contributed by atoms with Crippen LogP contribution in [0.5, 0.6) is 0 Å². The van der Waals surface area contributed by atoms with Gasteiger partial charge >= 0.3 is 0 Å². The largest absolute Gasteiger partial charge is 0.399 e. The van der Waals surface area contributed by atoms with Crippen molar-refractivity contribution in [3.63, 3.8) is 0 Å². The summed E-state index contributed by atoms with van der Waals surface area (Å²) in [5, 5.41) is 0. The molecule has 0 aromatic heterocycles. The van der Waals surface area contributed by atoms with Gasteiger partial charge in [0.05, 0.1) is 5.60 Å². The van der Waals surface area contributed by atoms with Gasteiger partial charge in [0.25, 0.3) is 0 Å². The molecule has 1 spiro atoms. The van der Waals surface area contributed by atoms with Crippen molar-refractivity contribution in [2.24, 2.45) is 5.92 Å². The number of ketones is 1. The van der Waals surface area contributed by atoms with Crippen molar-refractivity contribution in [1.29, 1.82) is 0 Å². The molecule has 0 radical (unpaired) electrons. The Bertz CT molecular complexity index is 518. The van der Waals surface area contributed by atoms with E-state index in [0.717, 1.165) is 49.1 Å². The topological polar surface area (TPSA) is 52.3 Å². The van der Waals surface area contributed by atoms with E-state index in [9.17, 15) is 4.79 Å². The lowest BCUT2D eigenvalue weighted by molar-refractivity contribution is -0.0866. The number of Topliss-reactive ketones (excluding diaryl/α,β-unsaturated/α-hetero) is 1. The average molecular weight is 273 g/mol. The van der Waals surface area contributed by atoms with Crippen molar-refractivity contribution < 1.29 is 9.53 Å². The second-order valence-corrected chi connectivity index (χ2v) is 6.36. The van der Waals surface area contributed by atoms with E-state index in [-0.39, 0.29) is 17.3 Å². The van der Waals surface area contributed by atoms with E-state index in [2.05, 4.69) is 0 Å². The maximum atomic E-state index is 12.7. The van der Waals surface area contributed by atoms with Crippen LogP contribution in [0.1, 0.15) is 54.4 Å². The van der Waals surface area contributed by atoms with Gasteiger partial charge in [-0.25, -0.2) is 0 Å². The summed E-state index contributed by atoms with van der Waals surface area (Å²) in [7, 11) is 0. The second-order valence-electron chi connectivity index (χ2n) is 6.36. The summed E-state index contributed by atoms with van der Waals surface area (Å²) < 4.78 is 6.01. The van der Waals surface area contributed by atoms with Crippen molar-refractivity contribution in [3.8, 4) is 0 Å². The van der Waals surface area contributed by atoms with E-state index in [1.807, 2.05) is 25.1 Å². The number of aryl methyl sites for hydroxylation is 1. The number of ether oxygens (including phenoxy) is 1. The van der Waals surface area contributed by atoms with Crippen molar-refractivity contribution in [1.82, 2.24) is 0 Å². The molecule has 1 aliphatic carbocycles. The van der Waals surface area contributed by atoms with Crippen molar-refractivity contribution in [2.45, 2.75) is 51.0 Å². The Morgan fingerprint density at radius 1 is 1.35 bits per heavy atom. The average Bonchev–Trinajstić information content (AvgIpc) is 2.89. The van der Waals surface area contributed by atoms with Gasteiger partial charge in [-0.1, -0.05) is 12.8 Å². The molecule has 1 saturated heterocycles. The number of carbonyl (C=O) groups is 1. The van der Waals surface area contributed by atoms with Crippen LogP contribution in [0.4, 0.5) is 5.69 Å². The number of rotatable bonds is 2. The summed E-state index contributed by atoms with van der Waals surface area (Å²) in [6, 6.07) is 5.63. The highest BCUT2D eigenvalue weighted by Gasteiger charge is 2.41. The normalized spacial score (nSPS) is 24.9. The predicted octanol–water partition coefficient (Wildman–Crippen LogP) is 3.50. The minimum absolute atomic E-state index is 0.00142. The fourth-order valence-electron chi connectivity index (χ4n) is 3.68. The summed E-state index contributed by atoms with van der Waals surface area (Å²) in [4.78, 5) is 12.7. The Labute approximate surface area is 120 Å². The Balaban J connectivity index is 1.77. The molecule has 1 aromatic carbocycles. The molecule has 1 aromatic rings. The summed E-state index contributed by atoms with van der Waals surface area (Å²) in [6.07, 6.45) is 6.47. The van der Waals surface area contributed by atoms with Gasteiger partial charge < -0.3 is 10.5 Å². The van der Waals surface area contributed by atoms with Crippen LogP contribution in [0.15, 0.2) is 18.2 Å². The maximum Gasteiger partial charge on any atom is 0.166 e. The molecule has 2 fully saturated rings. The zero-order valence-corrected chi connectivity index (χ0v) is 12.2. The number of hydrogen-bond donors (Lipinski definition) is 1. The zero-order valence-electron chi connectivity index (χ0n) is 12.2. The molecule has 2 N–H and O–H groups in total. The molecule has 3 rings (SSSR count). The molecule has 3 nitrogen and oxygen atoms in total. The van der Waals surface area contributed by atoms with Crippen LogP contribution in [-0.4, -0.2) is 18.0 Å². The Hall–Kier alpha value is -1.35. The quantitative estimate of drug-likeness (QED) is 0.663. The molecule has 1 aliphatic heterocycles. The lowest BCUT2D eigenvalue weighted by atomic mass is 9.80. The van der Waals surface area contributed by atoms with Gasteiger partial charge in [-0.15, -0.1) is 0 Å². The number of nitrogens with two attached hydrogens (primary N) is 1. The summed E-state index contributed by atoms with van der Waals surface area (Å²) in [6.45, 7) is 2.68. The van der Waals surface area contributed by atoms with Crippen LogP contribution in [0.3, 0.4) is 0 Å². The molecule has 1 saturated carbocycles. The third-order valence-electron chi connectivity index (χ3n) is 4.93. The van der Waals surface area contributed by atoms with Gasteiger partial charge in [0.15, 0.2) is 5.78 Å². The van der Waals surface area contributed by atoms with Gasteiger partial charge in [0.1, 0.15) is 0 Å². The van der Waals surface area contributed by atoms with E-state index >= 15 is 0 Å². The highest BCUT2D eigenvalue weighted by Crippen LogP contribution is 2.42. The van der Waals surface area contributed by atoms with Gasteiger partial charge in [0.2, 0.25) is 0 Å². The SMILES string of the molecule is Cc1cc(C(=O)C2CCOC3(CCCC3)C2)ccc1N. The van der Waals surface area contributed by atoms with E-state index in [0.29, 0.717) is 0 Å². The lowest BCUT2D eigenvalue weighted by Crippen LogP contribution is -2.39. The minimum atomic E-state index is 0.00142. The molecule has 1 heterocycles. The molecule has 20 heavy (non-hydrogen) atoms. The molecular formula is C17H23NO2. The van der Waals surface area contributed by atoms with E-state index in [1.165, 1.54) is 12.8 Å². The summed E-state index contributed by atoms with van der Waals surface area (Å²) >= 11 is 0. The van der Waals surface area contributed by atoms with Crippen LogP contribution in [0.2, 0.25) is 0 Å². The van der Waals surface area contributed by atoms with Crippen LogP contribution in [-0.2, 0) is 4.74 Å². The van der Waals surface area contributed by atoms with E-state index in [1.54, 1.807) is 0 Å². The fourth-order valence-corrected chi connectivity index (χ4v) is 3.68. The smallest absolute Gasteiger partial charge is 0.166 e. The molecule has 0 bridgehead atoms. The second kappa shape index (κ2) is 5.21. The van der Waals surface area contributed by atoms with Crippen molar-refractivity contribution >= 4 is 11.5 Å². The summed E-state index contributed by atoms with van der Waals surface area (Å²) in [5.41, 5.74) is 8.37. The van der Waals surface area contributed by atoms with Gasteiger partial charge in [0, 0.05) is 23.8 Å². The number of carbonyl (C=O) groups excluding carboxylic acids is 1. The van der Waals surface area contributed by atoms with Crippen LogP contribution >= 0.6 is 0 Å². The Morgan fingerprint density at radius 3 is 2.80 bits per heavy atom. The molecule has 108 valence electrons. The van der Waals surface area contributed by atoms with Crippen LogP contribution in [0, 0.1) is 12.8 Å². The van der Waals surface area contributed by atoms with Gasteiger partial charge in [-0.2, -0.15) is 0 Å². The molecule has 1 unspecified atom stereocenters. The Morgan fingerprint density at radius 2 is 2.10 bits per heavy atom. The number of benzene rings is 1. The van der Waals surface area contributed by atoms with E-state index < -0.39 is 0 Å². The number of anilines is 1. The monoisotopic (exact) mass is 273 g/mol. The maximum absolute atomic E-state index is 12.7. The van der Waals surface area contributed by atoms with Crippen LogP contribution < -0.4 is 5.73 Å². The highest BCUT2D eigenvalue weighted by atomic mass is 16.5. The van der Waals surface area contributed by atoms with Crippen molar-refractivity contribution in [2.75, 3.05) is 12.3 Å². The first-order valence-corrected chi connectivity index (χ1v) is 7.64. The first kappa shape index (κ1) is 13.6. The number of hydrogen-bond acceptors (Lipinski definition) is 3. The number of nitrogen functional groups attached to an aromatic ring is 1. The zero-order chi connectivity index (χ0) is 14.2. The van der Waals surface area contributed by atoms with Crippen LogP contribution in [0.25, 0.3) is 0 Å². The highest BCUT2D eigenvalue weighted by molar-refractivity contribution is 5.98. The van der Waals surface area contributed by atoms with Gasteiger partial charge in [-0.05, 0) is 56.4 Å². The first-order valence-electron chi connectivity index (χ1n) is 7.64. The third kappa shape index (κ3) is 2.47. The van der Waals surface area contributed by atoms with Gasteiger partial charge in [-0.3, -0.25) is 4.79 Å². The van der Waals surface area contributed by atoms with Crippen molar-refractivity contribution in [3.05, 3.63) is 29.3 Å². The summed E-state index contributed by atoms with van der Waals surface area (Å²) in [5.74, 6) is 0.382. The lowest BCUT2D eigenvalue weighted by Gasteiger charge is -2.37. The molecule has 0 amide bonds. The third-order valence-corrected chi connectivity index (χ3v) is 4.93. The Kier molecular flexibility index (Phi) is 3.55. The molecular weight excluding hydrogens is 250 g/mol. The van der Waals surface area contributed by atoms with E-state index in [4.69, 9.17) is 10.5 Å². The first-order chi connectivity index (χ1) is 9.60. The fraction of sp³-hybridized carbons (Fsp3) is 0.588. The molecule has 3 heteroatoms. The predicted molar refractivity (Wildman–Crippen MR) is 79.8 cm³/mol. The molecule has 2 aliphatic rings. The molecule has 1 atom stereocenters. The minimum Gasteiger partial charge on any atom is -0.399 e. The standard InChI is InChI=1S/C17H23NO2/c1-12-10-13(4-5-15(12)18)16(19)14-6-9-20-17(11-14)7-2-3-8-17/h4-5,10,14H,2-3,6-9,11,18H2,1H3.